The van der Waals surface area contributed by atoms with Crippen molar-refractivity contribution >= 4 is 17.1 Å². The molecule has 1 heterocycles. The van der Waals surface area contributed by atoms with Crippen LogP contribution in [0.25, 0.3) is 5.57 Å². The van der Waals surface area contributed by atoms with Gasteiger partial charge in [-0.2, -0.15) is 0 Å². The number of rotatable bonds is 7. The van der Waals surface area contributed by atoms with E-state index in [2.05, 4.69) is 46.9 Å². The Balaban J connectivity index is 2.25. The molecular formula is C25H34F2N4. The van der Waals surface area contributed by atoms with Crippen LogP contribution in [-0.4, -0.2) is 36.9 Å². The highest BCUT2D eigenvalue weighted by Gasteiger charge is 2.19. The molecule has 0 fully saturated rings. The molecular weight excluding hydrogens is 394 g/mol. The van der Waals surface area contributed by atoms with E-state index in [4.69, 9.17) is 0 Å². The molecule has 4 nitrogen and oxygen atoms in total. The van der Waals surface area contributed by atoms with Crippen molar-refractivity contribution in [3.8, 4) is 0 Å². The lowest BCUT2D eigenvalue weighted by atomic mass is 10.0. The number of halogens is 2. The molecule has 1 unspecified atom stereocenters. The van der Waals surface area contributed by atoms with Gasteiger partial charge in [-0.25, -0.2) is 19.2 Å². The number of hydrazine groups is 1. The van der Waals surface area contributed by atoms with Gasteiger partial charge >= 0.3 is 0 Å². The van der Waals surface area contributed by atoms with E-state index in [1.54, 1.807) is 6.08 Å². The van der Waals surface area contributed by atoms with Crippen LogP contribution in [0.15, 0.2) is 60.7 Å². The fourth-order valence-electron chi connectivity index (χ4n) is 3.46. The van der Waals surface area contributed by atoms with Crippen molar-refractivity contribution < 1.29 is 8.78 Å². The van der Waals surface area contributed by atoms with Gasteiger partial charge < -0.3 is 10.3 Å². The Hall–Kier alpha value is -2.57. The average Bonchev–Trinajstić information content (AvgIpc) is 2.74. The summed E-state index contributed by atoms with van der Waals surface area (Å²) >= 11 is 0. The molecule has 0 bridgehead atoms. The van der Waals surface area contributed by atoms with Crippen molar-refractivity contribution in [3.05, 3.63) is 72.9 Å². The van der Waals surface area contributed by atoms with Crippen molar-refractivity contribution in [2.45, 2.75) is 33.1 Å². The number of nitrogens with one attached hydrogen (secondary N) is 2. The average molecular weight is 429 g/mol. The Morgan fingerprint density at radius 1 is 1.19 bits per heavy atom. The van der Waals surface area contributed by atoms with E-state index in [0.29, 0.717) is 43.3 Å². The van der Waals surface area contributed by atoms with Gasteiger partial charge in [-0.1, -0.05) is 57.4 Å². The minimum atomic E-state index is -0.548. The highest BCUT2D eigenvalue weighted by Crippen LogP contribution is 2.33. The molecule has 1 atom stereocenters. The zero-order valence-electron chi connectivity index (χ0n) is 18.6. The Morgan fingerprint density at radius 2 is 1.97 bits per heavy atom. The Kier molecular flexibility index (Phi) is 10.3. The molecule has 1 aromatic rings. The number of benzene rings is 1. The fraction of sp³-hybridized carbons (Fsp3) is 0.400. The van der Waals surface area contributed by atoms with E-state index in [1.165, 1.54) is 0 Å². The van der Waals surface area contributed by atoms with Crippen molar-refractivity contribution in [1.29, 1.82) is 0 Å². The zero-order chi connectivity index (χ0) is 22.6. The molecule has 1 aromatic carbocycles. The molecule has 168 valence electrons. The smallest absolute Gasteiger partial charge is 0.149 e. The number of aliphatic imine (C=N–C) groups is 1. The molecule has 0 aromatic heterocycles. The first-order valence-corrected chi connectivity index (χ1v) is 10.9. The maximum atomic E-state index is 14.7. The lowest BCUT2D eigenvalue weighted by Crippen LogP contribution is -2.43. The van der Waals surface area contributed by atoms with Gasteiger partial charge in [0.1, 0.15) is 23.2 Å². The Bertz CT molecular complexity index is 842. The quantitative estimate of drug-likeness (QED) is 0.560. The summed E-state index contributed by atoms with van der Waals surface area (Å²) in [6, 6.07) is 2.27. The number of nitrogens with zero attached hydrogens (tertiary/aromatic N) is 2. The first-order chi connectivity index (χ1) is 15.0. The van der Waals surface area contributed by atoms with Crippen LogP contribution < -0.4 is 10.9 Å². The first kappa shape index (κ1) is 24.7. The van der Waals surface area contributed by atoms with Crippen molar-refractivity contribution in [2.75, 3.05) is 26.2 Å². The molecule has 0 spiro atoms. The Labute approximate surface area is 185 Å². The van der Waals surface area contributed by atoms with E-state index in [1.807, 2.05) is 25.2 Å². The van der Waals surface area contributed by atoms with E-state index in [9.17, 15) is 8.78 Å². The van der Waals surface area contributed by atoms with Gasteiger partial charge in [0.2, 0.25) is 0 Å². The molecule has 0 amide bonds. The van der Waals surface area contributed by atoms with Crippen molar-refractivity contribution in [3.63, 3.8) is 0 Å². The third-order valence-electron chi connectivity index (χ3n) is 5.02. The number of hydrogen-bond donors (Lipinski definition) is 2. The maximum absolute atomic E-state index is 14.7. The standard InChI is InChI=1S/C25H34F2N4/c1-5-7-8-9-11-19(3)18-31-16-14-20(4)24-21(26)12-13-22(27)25(24)29-23(10-6-2)30-28-15-17-31/h5,7-9,11-13,19,28H,1,4,6,10,14-18H2,2-3H3,(H,29,30)/b8-7-,11-9-. The monoisotopic (exact) mass is 428 g/mol. The van der Waals surface area contributed by atoms with Crippen LogP contribution in [0.3, 0.4) is 0 Å². The summed E-state index contributed by atoms with van der Waals surface area (Å²) in [5.74, 6) is -0.128. The first-order valence-electron chi connectivity index (χ1n) is 10.9. The van der Waals surface area contributed by atoms with Gasteiger partial charge in [-0.15, -0.1) is 0 Å². The van der Waals surface area contributed by atoms with Gasteiger partial charge in [0, 0.05) is 38.2 Å². The summed E-state index contributed by atoms with van der Waals surface area (Å²) in [5, 5.41) is 0. The summed E-state index contributed by atoms with van der Waals surface area (Å²) in [7, 11) is 0. The van der Waals surface area contributed by atoms with E-state index in [0.717, 1.165) is 31.6 Å². The van der Waals surface area contributed by atoms with Crippen LogP contribution in [0.1, 0.15) is 38.7 Å². The van der Waals surface area contributed by atoms with E-state index < -0.39 is 11.6 Å². The summed E-state index contributed by atoms with van der Waals surface area (Å²) in [5.41, 5.74) is 7.00. The molecule has 1 aliphatic heterocycles. The molecule has 2 N–H and O–H groups in total. The maximum Gasteiger partial charge on any atom is 0.149 e. The van der Waals surface area contributed by atoms with Gasteiger partial charge in [0.05, 0.1) is 0 Å². The topological polar surface area (TPSA) is 39.7 Å². The molecule has 6 heteroatoms. The van der Waals surface area contributed by atoms with Gasteiger partial charge in [-0.05, 0) is 36.5 Å². The van der Waals surface area contributed by atoms with E-state index in [-0.39, 0.29) is 11.3 Å². The van der Waals surface area contributed by atoms with Gasteiger partial charge in [0.25, 0.3) is 0 Å². The highest BCUT2D eigenvalue weighted by atomic mass is 19.1. The second kappa shape index (κ2) is 13.0. The zero-order valence-corrected chi connectivity index (χ0v) is 18.6. The third-order valence-corrected chi connectivity index (χ3v) is 5.02. The van der Waals surface area contributed by atoms with Crippen molar-refractivity contribution in [1.82, 2.24) is 15.8 Å². The minimum absolute atomic E-state index is 0.0141. The van der Waals surface area contributed by atoms with Crippen LogP contribution in [0, 0.1) is 17.6 Å². The second-order valence-electron chi connectivity index (χ2n) is 7.75. The number of allylic oxidation sites excluding steroid dienone is 4. The SMILES string of the molecule is C=C/C=C\C=C/C(C)CN1CCNNC(CCC)=Nc2c(F)ccc(F)c2C(=C)CC1. The number of hydrogen-bond acceptors (Lipinski definition) is 4. The molecule has 0 radical (unpaired) electrons. The Morgan fingerprint density at radius 3 is 2.71 bits per heavy atom. The van der Waals surface area contributed by atoms with Crippen LogP contribution in [0.2, 0.25) is 0 Å². The molecule has 0 saturated carbocycles. The van der Waals surface area contributed by atoms with Gasteiger partial charge in [0.15, 0.2) is 0 Å². The largest absolute Gasteiger partial charge is 0.309 e. The molecule has 0 aliphatic carbocycles. The summed E-state index contributed by atoms with van der Waals surface area (Å²) < 4.78 is 29.3. The summed E-state index contributed by atoms with van der Waals surface area (Å²) in [6.07, 6.45) is 11.7. The molecule has 1 aliphatic rings. The van der Waals surface area contributed by atoms with Crippen LogP contribution in [-0.2, 0) is 0 Å². The molecule has 31 heavy (non-hydrogen) atoms. The molecule has 0 saturated heterocycles. The van der Waals surface area contributed by atoms with Crippen molar-refractivity contribution in [2.24, 2.45) is 10.9 Å². The van der Waals surface area contributed by atoms with Crippen LogP contribution in [0.5, 0.6) is 0 Å². The van der Waals surface area contributed by atoms with E-state index >= 15 is 0 Å². The minimum Gasteiger partial charge on any atom is -0.309 e. The molecule has 2 rings (SSSR count). The fourth-order valence-corrected chi connectivity index (χ4v) is 3.46. The second-order valence-corrected chi connectivity index (χ2v) is 7.75. The van der Waals surface area contributed by atoms with Crippen LogP contribution in [0.4, 0.5) is 14.5 Å². The normalized spacial score (nSPS) is 17.5. The summed E-state index contributed by atoms with van der Waals surface area (Å²) in [4.78, 5) is 6.73. The van der Waals surface area contributed by atoms with Crippen LogP contribution >= 0.6 is 0 Å². The number of fused-ring (bicyclic) bond motifs is 1. The lowest BCUT2D eigenvalue weighted by molar-refractivity contribution is 0.257. The number of amidine groups is 1. The lowest BCUT2D eigenvalue weighted by Gasteiger charge is -2.26. The highest BCUT2D eigenvalue weighted by molar-refractivity contribution is 5.87. The summed E-state index contributed by atoms with van der Waals surface area (Å²) in [6.45, 7) is 15.0. The predicted octanol–water partition coefficient (Wildman–Crippen LogP) is 5.54. The third kappa shape index (κ3) is 7.89. The predicted molar refractivity (Wildman–Crippen MR) is 127 cm³/mol. The van der Waals surface area contributed by atoms with Gasteiger partial charge in [-0.3, -0.25) is 0 Å².